The van der Waals surface area contributed by atoms with Crippen LogP contribution in [0.5, 0.6) is 0 Å². The van der Waals surface area contributed by atoms with E-state index in [1.54, 1.807) is 0 Å². The Kier molecular flexibility index (Phi) is 4.26. The molecule has 4 N–H and O–H groups in total. The summed E-state index contributed by atoms with van der Waals surface area (Å²) in [5.41, 5.74) is 12.7. The molecule has 0 fully saturated rings. The molecule has 0 spiro atoms. The van der Waals surface area contributed by atoms with Gasteiger partial charge in [0.1, 0.15) is 9.71 Å². The third-order valence-electron chi connectivity index (χ3n) is 2.82. The van der Waals surface area contributed by atoms with Crippen LogP contribution >= 0.6 is 23.1 Å². The van der Waals surface area contributed by atoms with Gasteiger partial charge in [0.15, 0.2) is 5.16 Å². The van der Waals surface area contributed by atoms with Crippen LogP contribution in [-0.2, 0) is 6.42 Å². The topological polar surface area (TPSA) is 94.9 Å². The van der Waals surface area contributed by atoms with Crippen molar-refractivity contribution in [3.63, 3.8) is 0 Å². The molecule has 102 valence electrons. The lowest BCUT2D eigenvalue weighted by Crippen LogP contribution is -2.10. The van der Waals surface area contributed by atoms with Crippen molar-refractivity contribution in [2.75, 3.05) is 12.0 Å². The first kappa shape index (κ1) is 14.1. The number of thiophene rings is 1. The van der Waals surface area contributed by atoms with Gasteiger partial charge in [-0.15, -0.1) is 11.3 Å². The van der Waals surface area contributed by atoms with E-state index in [-0.39, 0.29) is 0 Å². The third-order valence-corrected chi connectivity index (χ3v) is 4.48. The fourth-order valence-electron chi connectivity index (χ4n) is 1.87. The smallest absolute Gasteiger partial charge is 0.260 e. The zero-order chi connectivity index (χ0) is 14.0. The number of aromatic nitrogens is 2. The molecule has 0 saturated carbocycles. The predicted molar refractivity (Wildman–Crippen MR) is 80.7 cm³/mol. The fraction of sp³-hybridized carbons (Fsp3) is 0.417. The van der Waals surface area contributed by atoms with E-state index >= 15 is 0 Å². The first-order chi connectivity index (χ1) is 9.08. The van der Waals surface area contributed by atoms with Gasteiger partial charge in [0.2, 0.25) is 0 Å². The summed E-state index contributed by atoms with van der Waals surface area (Å²) < 4.78 is 0. The van der Waals surface area contributed by atoms with Gasteiger partial charge in [-0.05, 0) is 19.1 Å². The van der Waals surface area contributed by atoms with Gasteiger partial charge >= 0.3 is 0 Å². The number of aryl methyl sites for hydroxylation is 1. The summed E-state index contributed by atoms with van der Waals surface area (Å²) in [5.74, 6) is -0.507. The molecule has 0 radical (unpaired) electrons. The number of thioether (sulfide) groups is 1. The van der Waals surface area contributed by atoms with Gasteiger partial charge in [0.05, 0.1) is 16.8 Å². The maximum absolute atomic E-state index is 11.4. The van der Waals surface area contributed by atoms with Crippen molar-refractivity contribution in [1.82, 2.24) is 9.97 Å². The van der Waals surface area contributed by atoms with Crippen LogP contribution < -0.4 is 11.5 Å². The average molecular weight is 296 g/mol. The van der Waals surface area contributed by atoms with E-state index in [9.17, 15) is 4.79 Å². The molecule has 1 amide bonds. The Hall–Kier alpha value is -1.34. The molecule has 2 aromatic heterocycles. The van der Waals surface area contributed by atoms with E-state index in [0.717, 1.165) is 35.2 Å². The number of nitrogen functional groups attached to an aromatic ring is 1. The van der Waals surface area contributed by atoms with Gasteiger partial charge in [-0.3, -0.25) is 4.79 Å². The molecular weight excluding hydrogens is 280 g/mol. The number of nitrogens with zero attached hydrogens (tertiary/aromatic N) is 2. The lowest BCUT2D eigenvalue weighted by molar-refractivity contribution is 0.100. The molecule has 0 aliphatic heterocycles. The summed E-state index contributed by atoms with van der Waals surface area (Å²) in [6.45, 7) is 2.12. The molecule has 7 heteroatoms. The highest BCUT2D eigenvalue weighted by atomic mass is 32.2. The van der Waals surface area contributed by atoms with Crippen LogP contribution in [0.25, 0.3) is 10.2 Å². The van der Waals surface area contributed by atoms with Gasteiger partial charge in [-0.2, -0.15) is 0 Å². The van der Waals surface area contributed by atoms with Crippen molar-refractivity contribution in [3.8, 4) is 0 Å². The highest BCUT2D eigenvalue weighted by Crippen LogP contribution is 2.35. The Morgan fingerprint density at radius 2 is 2.16 bits per heavy atom. The normalized spacial score (nSPS) is 11.1. The molecule has 2 rings (SSSR count). The van der Waals surface area contributed by atoms with E-state index in [4.69, 9.17) is 11.5 Å². The summed E-state index contributed by atoms with van der Waals surface area (Å²) in [6.07, 6.45) is 4.87. The summed E-state index contributed by atoms with van der Waals surface area (Å²) in [7, 11) is 0. The Morgan fingerprint density at radius 3 is 2.74 bits per heavy atom. The van der Waals surface area contributed by atoms with E-state index in [1.165, 1.54) is 23.1 Å². The van der Waals surface area contributed by atoms with E-state index in [1.807, 2.05) is 6.26 Å². The summed E-state index contributed by atoms with van der Waals surface area (Å²) in [5, 5.41) is 1.50. The number of rotatable bonds is 5. The number of carbonyl (C=O) groups is 1. The summed E-state index contributed by atoms with van der Waals surface area (Å²) in [6, 6.07) is 0. The average Bonchev–Trinajstić information content (AvgIpc) is 2.73. The quantitative estimate of drug-likeness (QED) is 0.652. The van der Waals surface area contributed by atoms with Crippen LogP contribution in [0.2, 0.25) is 0 Å². The molecule has 2 heterocycles. The maximum atomic E-state index is 11.4. The molecule has 5 nitrogen and oxygen atoms in total. The lowest BCUT2D eigenvalue weighted by atomic mass is 10.1. The Balaban J connectivity index is 2.65. The van der Waals surface area contributed by atoms with Gasteiger partial charge in [-0.1, -0.05) is 25.1 Å². The van der Waals surface area contributed by atoms with Crippen molar-refractivity contribution in [2.45, 2.75) is 31.3 Å². The number of primary amides is 1. The largest absolute Gasteiger partial charge is 0.397 e. The SMILES string of the molecule is CCCCc1nc(SC)nc2sc(C(N)=O)c(N)c12. The lowest BCUT2D eigenvalue weighted by Gasteiger charge is -2.04. The number of hydrogen-bond donors (Lipinski definition) is 2. The van der Waals surface area contributed by atoms with Crippen molar-refractivity contribution < 1.29 is 4.79 Å². The van der Waals surface area contributed by atoms with Gasteiger partial charge in [-0.25, -0.2) is 9.97 Å². The van der Waals surface area contributed by atoms with Crippen LogP contribution in [-0.4, -0.2) is 22.1 Å². The number of anilines is 1. The van der Waals surface area contributed by atoms with Gasteiger partial charge in [0.25, 0.3) is 5.91 Å². The monoisotopic (exact) mass is 296 g/mol. The first-order valence-corrected chi connectivity index (χ1v) is 8.05. The molecule has 0 bridgehead atoms. The minimum absolute atomic E-state index is 0.375. The maximum Gasteiger partial charge on any atom is 0.260 e. The number of fused-ring (bicyclic) bond motifs is 1. The molecule has 0 atom stereocenters. The van der Waals surface area contributed by atoms with Crippen molar-refractivity contribution in [3.05, 3.63) is 10.6 Å². The predicted octanol–water partition coefficient (Wildman–Crippen LogP) is 2.44. The first-order valence-electron chi connectivity index (χ1n) is 6.01. The molecule has 0 aliphatic rings. The Labute approximate surface area is 119 Å². The van der Waals surface area contributed by atoms with Gasteiger partial charge in [0, 0.05) is 0 Å². The van der Waals surface area contributed by atoms with Crippen LogP contribution in [0.4, 0.5) is 5.69 Å². The van der Waals surface area contributed by atoms with Gasteiger partial charge < -0.3 is 11.5 Å². The third kappa shape index (κ3) is 2.66. The van der Waals surface area contributed by atoms with E-state index < -0.39 is 5.91 Å². The molecule has 0 aliphatic carbocycles. The molecule has 0 aromatic carbocycles. The van der Waals surface area contributed by atoms with Crippen LogP contribution in [0.3, 0.4) is 0 Å². The van der Waals surface area contributed by atoms with Crippen molar-refractivity contribution in [1.29, 1.82) is 0 Å². The van der Waals surface area contributed by atoms with Crippen molar-refractivity contribution in [2.24, 2.45) is 5.73 Å². The van der Waals surface area contributed by atoms with Crippen molar-refractivity contribution >= 4 is 44.9 Å². The number of unbranched alkanes of at least 4 members (excludes halogenated alkanes) is 1. The van der Waals surface area contributed by atoms with Crippen LogP contribution in [0.1, 0.15) is 35.1 Å². The number of amides is 1. The number of carbonyl (C=O) groups excluding carboxylic acids is 1. The highest BCUT2D eigenvalue weighted by Gasteiger charge is 2.19. The van der Waals surface area contributed by atoms with Crippen LogP contribution in [0.15, 0.2) is 5.16 Å². The standard InChI is InChI=1S/C12H16N4OS2/c1-3-4-5-6-7-8(13)9(10(14)17)19-11(7)16-12(15-6)18-2/h3-5,13H2,1-2H3,(H2,14,17). The number of nitrogens with two attached hydrogens (primary N) is 2. The number of hydrogen-bond acceptors (Lipinski definition) is 6. The van der Waals surface area contributed by atoms with Crippen LogP contribution in [0, 0.1) is 0 Å². The minimum Gasteiger partial charge on any atom is -0.397 e. The Bertz CT molecular complexity index is 624. The fourth-order valence-corrected chi connectivity index (χ4v) is 3.28. The highest BCUT2D eigenvalue weighted by molar-refractivity contribution is 7.98. The zero-order valence-corrected chi connectivity index (χ0v) is 12.5. The van der Waals surface area contributed by atoms with E-state index in [0.29, 0.717) is 15.7 Å². The second kappa shape index (κ2) is 5.75. The molecular formula is C12H16N4OS2. The second-order valence-electron chi connectivity index (χ2n) is 4.15. The summed E-state index contributed by atoms with van der Waals surface area (Å²) in [4.78, 5) is 21.4. The molecule has 0 unspecified atom stereocenters. The molecule has 0 saturated heterocycles. The molecule has 19 heavy (non-hydrogen) atoms. The Morgan fingerprint density at radius 1 is 1.42 bits per heavy atom. The second-order valence-corrected chi connectivity index (χ2v) is 5.92. The summed E-state index contributed by atoms with van der Waals surface area (Å²) >= 11 is 2.73. The van der Waals surface area contributed by atoms with E-state index in [2.05, 4.69) is 16.9 Å². The minimum atomic E-state index is -0.507. The molecule has 2 aromatic rings. The zero-order valence-electron chi connectivity index (χ0n) is 10.9.